The number of benzene rings is 3. The van der Waals surface area contributed by atoms with Gasteiger partial charge >= 0.3 is 0 Å². The van der Waals surface area contributed by atoms with E-state index in [0.29, 0.717) is 41.5 Å². The average molecular weight is 485 g/mol. The number of hydrogen-bond acceptors (Lipinski definition) is 5. The number of rotatable bonds is 10. The molecule has 4 rings (SSSR count). The minimum atomic E-state index is -0.312. The van der Waals surface area contributed by atoms with Crippen LogP contribution in [0.1, 0.15) is 22.8 Å². The van der Waals surface area contributed by atoms with E-state index < -0.39 is 0 Å². The van der Waals surface area contributed by atoms with Gasteiger partial charge in [0.05, 0.1) is 19.2 Å². The van der Waals surface area contributed by atoms with Gasteiger partial charge in [0.2, 0.25) is 0 Å². The van der Waals surface area contributed by atoms with Crippen molar-refractivity contribution in [3.8, 4) is 22.8 Å². The Labute approximate surface area is 209 Å². The summed E-state index contributed by atoms with van der Waals surface area (Å²) < 4.78 is 12.7. The molecule has 0 radical (unpaired) electrons. The number of carbonyl (C=O) groups is 2. The van der Waals surface area contributed by atoms with Gasteiger partial charge in [-0.3, -0.25) is 14.3 Å². The molecule has 1 heterocycles. The smallest absolute Gasteiger partial charge is 0.259 e. The Balaban J connectivity index is 1.59. The van der Waals surface area contributed by atoms with Crippen LogP contribution >= 0.6 is 0 Å². The lowest BCUT2D eigenvalue weighted by Gasteiger charge is -2.09. The van der Waals surface area contributed by atoms with Gasteiger partial charge in [-0.25, -0.2) is 0 Å². The highest BCUT2D eigenvalue weighted by Gasteiger charge is 2.19. The molecule has 0 bridgehead atoms. The molecule has 4 aromatic rings. The van der Waals surface area contributed by atoms with Crippen LogP contribution in [0.4, 0.5) is 5.69 Å². The van der Waals surface area contributed by atoms with E-state index in [-0.39, 0.29) is 18.4 Å². The Morgan fingerprint density at radius 2 is 1.72 bits per heavy atom. The molecule has 2 N–H and O–H groups in total. The largest absolute Gasteiger partial charge is 0.497 e. The normalized spacial score (nSPS) is 10.5. The summed E-state index contributed by atoms with van der Waals surface area (Å²) in [7, 11) is 1.60. The second-order valence-corrected chi connectivity index (χ2v) is 8.03. The van der Waals surface area contributed by atoms with Gasteiger partial charge in [0.15, 0.2) is 6.61 Å². The standard InChI is InChI=1S/C28H28N4O4/c1-3-29-26(33)19-36-24-14-8-12-22(16-24)30-28(34)25-18-32(17-20-9-5-4-6-10-20)31-27(25)21-11-7-13-23(15-21)35-2/h4-16,18H,3,17,19H2,1-2H3,(H,29,33)(H,30,34). The third-order valence-corrected chi connectivity index (χ3v) is 5.37. The minimum absolute atomic E-state index is 0.0997. The molecule has 2 amide bonds. The van der Waals surface area contributed by atoms with Crippen LogP contribution in [-0.2, 0) is 11.3 Å². The molecule has 8 nitrogen and oxygen atoms in total. The van der Waals surface area contributed by atoms with Crippen molar-refractivity contribution in [2.45, 2.75) is 13.5 Å². The van der Waals surface area contributed by atoms with E-state index in [9.17, 15) is 9.59 Å². The number of hydrogen-bond donors (Lipinski definition) is 2. The van der Waals surface area contributed by atoms with Gasteiger partial charge in [-0.2, -0.15) is 5.10 Å². The Morgan fingerprint density at radius 3 is 2.50 bits per heavy atom. The molecule has 0 unspecified atom stereocenters. The van der Waals surface area contributed by atoms with E-state index in [1.807, 2.05) is 61.5 Å². The molecule has 0 saturated heterocycles. The van der Waals surface area contributed by atoms with Crippen molar-refractivity contribution in [3.05, 3.63) is 96.2 Å². The number of ether oxygens (including phenoxy) is 2. The maximum Gasteiger partial charge on any atom is 0.259 e. The summed E-state index contributed by atoms with van der Waals surface area (Å²) in [6.45, 7) is 2.80. The van der Waals surface area contributed by atoms with Crippen molar-refractivity contribution in [1.29, 1.82) is 0 Å². The Morgan fingerprint density at radius 1 is 0.944 bits per heavy atom. The minimum Gasteiger partial charge on any atom is -0.497 e. The topological polar surface area (TPSA) is 94.5 Å². The summed E-state index contributed by atoms with van der Waals surface area (Å²) in [5.74, 6) is 0.633. The third-order valence-electron chi connectivity index (χ3n) is 5.37. The fourth-order valence-corrected chi connectivity index (χ4v) is 3.68. The molecule has 3 aromatic carbocycles. The molecule has 0 aliphatic rings. The number of likely N-dealkylation sites (N-methyl/N-ethyl adjacent to an activating group) is 1. The SMILES string of the molecule is CCNC(=O)COc1cccc(NC(=O)c2cn(Cc3ccccc3)nc2-c2cccc(OC)c2)c1. The summed E-state index contributed by atoms with van der Waals surface area (Å²) in [5.41, 5.74) is 3.35. The summed E-state index contributed by atoms with van der Waals surface area (Å²) in [6.07, 6.45) is 1.74. The second kappa shape index (κ2) is 11.7. The van der Waals surface area contributed by atoms with Crippen LogP contribution in [0.2, 0.25) is 0 Å². The zero-order chi connectivity index (χ0) is 25.3. The molecule has 184 valence electrons. The van der Waals surface area contributed by atoms with E-state index in [1.165, 1.54) is 0 Å². The highest BCUT2D eigenvalue weighted by molar-refractivity contribution is 6.08. The van der Waals surface area contributed by atoms with Gasteiger partial charge in [-0.1, -0.05) is 48.5 Å². The van der Waals surface area contributed by atoms with Crippen LogP contribution in [0, 0.1) is 0 Å². The van der Waals surface area contributed by atoms with Crippen LogP contribution in [0.3, 0.4) is 0 Å². The van der Waals surface area contributed by atoms with E-state index in [1.54, 1.807) is 42.3 Å². The summed E-state index contributed by atoms with van der Waals surface area (Å²) >= 11 is 0. The van der Waals surface area contributed by atoms with Crippen molar-refractivity contribution in [2.24, 2.45) is 0 Å². The van der Waals surface area contributed by atoms with Gasteiger partial charge in [-0.05, 0) is 36.8 Å². The summed E-state index contributed by atoms with van der Waals surface area (Å²) in [5, 5.41) is 10.3. The predicted octanol–water partition coefficient (Wildman–Crippen LogP) is 4.37. The molecular formula is C28H28N4O4. The van der Waals surface area contributed by atoms with E-state index >= 15 is 0 Å². The van der Waals surface area contributed by atoms with Gasteiger partial charge < -0.3 is 20.1 Å². The molecular weight excluding hydrogens is 456 g/mol. The average Bonchev–Trinajstić information content (AvgIpc) is 3.32. The van der Waals surface area contributed by atoms with Crippen molar-refractivity contribution in [2.75, 3.05) is 25.6 Å². The van der Waals surface area contributed by atoms with E-state index in [0.717, 1.165) is 11.1 Å². The lowest BCUT2D eigenvalue weighted by atomic mass is 10.1. The molecule has 1 aromatic heterocycles. The number of carbonyl (C=O) groups excluding carboxylic acids is 2. The first-order valence-electron chi connectivity index (χ1n) is 11.6. The number of nitrogens with one attached hydrogen (secondary N) is 2. The maximum atomic E-state index is 13.4. The Bertz CT molecular complexity index is 1330. The van der Waals surface area contributed by atoms with Crippen LogP contribution < -0.4 is 20.1 Å². The maximum absolute atomic E-state index is 13.4. The second-order valence-electron chi connectivity index (χ2n) is 8.03. The highest BCUT2D eigenvalue weighted by Crippen LogP contribution is 2.27. The number of amides is 2. The number of methoxy groups -OCH3 is 1. The van der Waals surface area contributed by atoms with Crippen molar-refractivity contribution in [1.82, 2.24) is 15.1 Å². The van der Waals surface area contributed by atoms with Crippen LogP contribution in [0.5, 0.6) is 11.5 Å². The van der Waals surface area contributed by atoms with Gasteiger partial charge in [0.1, 0.15) is 17.2 Å². The molecule has 0 aliphatic carbocycles. The number of anilines is 1. The zero-order valence-electron chi connectivity index (χ0n) is 20.2. The Kier molecular flexibility index (Phi) is 7.97. The van der Waals surface area contributed by atoms with Crippen LogP contribution in [0.25, 0.3) is 11.3 Å². The Hall–Kier alpha value is -4.59. The molecule has 0 aliphatic heterocycles. The first-order chi connectivity index (χ1) is 17.6. The van der Waals surface area contributed by atoms with Gasteiger partial charge in [-0.15, -0.1) is 0 Å². The van der Waals surface area contributed by atoms with Gasteiger partial charge in [0, 0.05) is 30.1 Å². The first kappa shape index (κ1) is 24.5. The molecule has 8 heteroatoms. The summed E-state index contributed by atoms with van der Waals surface area (Å²) in [6, 6.07) is 24.3. The van der Waals surface area contributed by atoms with Crippen LogP contribution in [0.15, 0.2) is 85.1 Å². The lowest BCUT2D eigenvalue weighted by molar-refractivity contribution is -0.122. The quantitative estimate of drug-likeness (QED) is 0.349. The monoisotopic (exact) mass is 484 g/mol. The zero-order valence-corrected chi connectivity index (χ0v) is 20.2. The highest BCUT2D eigenvalue weighted by atomic mass is 16.5. The fourth-order valence-electron chi connectivity index (χ4n) is 3.68. The van der Waals surface area contributed by atoms with Crippen molar-refractivity contribution >= 4 is 17.5 Å². The van der Waals surface area contributed by atoms with Gasteiger partial charge in [0.25, 0.3) is 11.8 Å². The third kappa shape index (κ3) is 6.29. The van der Waals surface area contributed by atoms with Crippen molar-refractivity contribution < 1.29 is 19.1 Å². The lowest BCUT2D eigenvalue weighted by Crippen LogP contribution is -2.28. The summed E-state index contributed by atoms with van der Waals surface area (Å²) in [4.78, 5) is 25.1. The first-order valence-corrected chi connectivity index (χ1v) is 11.6. The fraction of sp³-hybridized carbons (Fsp3) is 0.179. The van der Waals surface area contributed by atoms with Crippen molar-refractivity contribution in [3.63, 3.8) is 0 Å². The number of nitrogens with zero attached hydrogens (tertiary/aromatic N) is 2. The van der Waals surface area contributed by atoms with E-state index in [2.05, 4.69) is 10.6 Å². The van der Waals surface area contributed by atoms with E-state index in [4.69, 9.17) is 14.6 Å². The molecule has 0 fully saturated rings. The molecule has 0 spiro atoms. The molecule has 36 heavy (non-hydrogen) atoms. The molecule has 0 atom stereocenters. The number of aromatic nitrogens is 2. The predicted molar refractivity (Wildman–Crippen MR) is 138 cm³/mol. The molecule has 0 saturated carbocycles. The van der Waals surface area contributed by atoms with Crippen LogP contribution in [-0.4, -0.2) is 41.9 Å².